The van der Waals surface area contributed by atoms with Gasteiger partial charge in [-0.15, -0.1) is 0 Å². The Hall–Kier alpha value is -2.90. The molecule has 1 saturated heterocycles. The highest BCUT2D eigenvalue weighted by Crippen LogP contribution is 2.23. The standard InChI is InChI=1S/C17H19N4O4/c1-10-4-6-11(7-5-10)24-9-12-8-21-13-14(18-16(21)25-12)19(2)17(23)20(3)15(13)22/h4-7,12-13H,8-9H2,1-3H3/q+1. The molecule has 0 saturated carbocycles. The van der Waals surface area contributed by atoms with E-state index >= 15 is 0 Å². The first kappa shape index (κ1) is 15.6. The minimum absolute atomic E-state index is 0.220. The molecule has 1 aromatic carbocycles. The number of hydrogen-bond acceptors (Lipinski definition) is 5. The summed E-state index contributed by atoms with van der Waals surface area (Å²) in [4.78, 5) is 31.3. The Morgan fingerprint density at radius 1 is 1.24 bits per heavy atom. The van der Waals surface area contributed by atoms with Gasteiger partial charge in [0.15, 0.2) is 6.10 Å². The number of aliphatic imine (C=N–C) groups is 1. The molecule has 3 amide bonds. The van der Waals surface area contributed by atoms with E-state index in [4.69, 9.17) is 9.47 Å². The van der Waals surface area contributed by atoms with Crippen molar-refractivity contribution in [2.45, 2.75) is 19.1 Å². The van der Waals surface area contributed by atoms with E-state index in [9.17, 15) is 9.59 Å². The molecule has 0 spiro atoms. The molecule has 25 heavy (non-hydrogen) atoms. The van der Waals surface area contributed by atoms with E-state index < -0.39 is 6.04 Å². The highest BCUT2D eigenvalue weighted by molar-refractivity contribution is 6.22. The Labute approximate surface area is 144 Å². The summed E-state index contributed by atoms with van der Waals surface area (Å²) >= 11 is 0. The maximum absolute atomic E-state index is 12.5. The SMILES string of the molecule is Cc1ccc(OCC2C[N+]3=C(N=C4C3C(=O)N(C)C(=O)N4C)O2)cc1. The van der Waals surface area contributed by atoms with Crippen LogP contribution in [0.3, 0.4) is 0 Å². The van der Waals surface area contributed by atoms with Crippen molar-refractivity contribution in [2.75, 3.05) is 27.2 Å². The smallest absolute Gasteiger partial charge is 0.490 e. The molecule has 0 aromatic heterocycles. The topological polar surface area (TPSA) is 74.5 Å². The third-order valence-corrected chi connectivity index (χ3v) is 4.62. The number of nitrogens with zero attached hydrogens (tertiary/aromatic N) is 4. The lowest BCUT2D eigenvalue weighted by Gasteiger charge is -2.30. The van der Waals surface area contributed by atoms with Crippen LogP contribution in [-0.4, -0.2) is 77.6 Å². The van der Waals surface area contributed by atoms with Crippen LogP contribution in [0.2, 0.25) is 0 Å². The number of aryl methyl sites for hydroxylation is 1. The minimum Gasteiger partial charge on any atom is -0.490 e. The number of ether oxygens (including phenoxy) is 2. The second-order valence-corrected chi connectivity index (χ2v) is 6.41. The van der Waals surface area contributed by atoms with Crippen LogP contribution in [0.4, 0.5) is 4.79 Å². The molecule has 1 fully saturated rings. The first-order valence-electron chi connectivity index (χ1n) is 8.09. The highest BCUT2D eigenvalue weighted by Gasteiger charge is 2.56. The lowest BCUT2D eigenvalue weighted by atomic mass is 10.1. The molecule has 2 unspecified atom stereocenters. The molecule has 3 aliphatic heterocycles. The number of benzene rings is 1. The van der Waals surface area contributed by atoms with Gasteiger partial charge in [-0.05, 0) is 19.1 Å². The molecule has 3 aliphatic rings. The van der Waals surface area contributed by atoms with Crippen LogP contribution in [0.15, 0.2) is 29.3 Å². The molecule has 0 N–H and O–H groups in total. The Morgan fingerprint density at radius 3 is 2.68 bits per heavy atom. The van der Waals surface area contributed by atoms with Crippen molar-refractivity contribution in [1.29, 1.82) is 0 Å². The van der Waals surface area contributed by atoms with Crippen molar-refractivity contribution in [3.8, 4) is 5.75 Å². The Morgan fingerprint density at radius 2 is 1.96 bits per heavy atom. The van der Waals surface area contributed by atoms with Crippen LogP contribution in [-0.2, 0) is 9.53 Å². The van der Waals surface area contributed by atoms with Crippen LogP contribution in [0.1, 0.15) is 5.56 Å². The predicted molar refractivity (Wildman–Crippen MR) is 88.8 cm³/mol. The summed E-state index contributed by atoms with van der Waals surface area (Å²) in [5, 5.41) is 0. The summed E-state index contributed by atoms with van der Waals surface area (Å²) in [6.07, 6.45) is -0.220. The summed E-state index contributed by atoms with van der Waals surface area (Å²) in [5.41, 5.74) is 1.17. The van der Waals surface area contributed by atoms with Gasteiger partial charge >= 0.3 is 12.1 Å². The van der Waals surface area contributed by atoms with Gasteiger partial charge in [0.1, 0.15) is 18.9 Å². The molecule has 0 aliphatic carbocycles. The minimum atomic E-state index is -0.605. The number of rotatable bonds is 3. The largest absolute Gasteiger partial charge is 0.497 e. The molecule has 4 rings (SSSR count). The number of fused-ring (bicyclic) bond motifs is 2. The second-order valence-electron chi connectivity index (χ2n) is 6.41. The first-order chi connectivity index (χ1) is 12.0. The summed E-state index contributed by atoms with van der Waals surface area (Å²) in [6.45, 7) is 2.87. The van der Waals surface area contributed by atoms with Crippen molar-refractivity contribution >= 4 is 23.8 Å². The highest BCUT2D eigenvalue weighted by atomic mass is 16.6. The normalized spacial score (nSPS) is 25.0. The van der Waals surface area contributed by atoms with Gasteiger partial charge in [0, 0.05) is 19.1 Å². The van der Waals surface area contributed by atoms with Gasteiger partial charge in [0.05, 0.1) is 0 Å². The summed E-state index contributed by atoms with van der Waals surface area (Å²) < 4.78 is 13.4. The van der Waals surface area contributed by atoms with Crippen molar-refractivity contribution in [3.05, 3.63) is 29.8 Å². The van der Waals surface area contributed by atoms with Crippen molar-refractivity contribution in [2.24, 2.45) is 4.99 Å². The van der Waals surface area contributed by atoms with Gasteiger partial charge in [-0.3, -0.25) is 14.6 Å². The van der Waals surface area contributed by atoms with Crippen LogP contribution in [0, 0.1) is 6.92 Å². The van der Waals surface area contributed by atoms with Gasteiger partial charge in [0.25, 0.3) is 17.8 Å². The molecule has 3 heterocycles. The Kier molecular flexibility index (Phi) is 3.48. The van der Waals surface area contributed by atoms with Crippen LogP contribution in [0.25, 0.3) is 0 Å². The number of hydrogen-bond donors (Lipinski definition) is 0. The van der Waals surface area contributed by atoms with Gasteiger partial charge in [-0.25, -0.2) is 4.79 Å². The van der Waals surface area contributed by atoms with E-state index in [0.717, 1.165) is 10.6 Å². The quantitative estimate of drug-likeness (QED) is 0.747. The number of urea groups is 1. The molecule has 8 heteroatoms. The van der Waals surface area contributed by atoms with Crippen LogP contribution >= 0.6 is 0 Å². The molecule has 0 radical (unpaired) electrons. The molecule has 2 atom stereocenters. The zero-order valence-electron chi connectivity index (χ0n) is 14.3. The third kappa shape index (κ3) is 2.45. The van der Waals surface area contributed by atoms with Crippen molar-refractivity contribution < 1.29 is 23.6 Å². The maximum Gasteiger partial charge on any atom is 0.497 e. The molecule has 130 valence electrons. The van der Waals surface area contributed by atoms with Gasteiger partial charge in [-0.1, -0.05) is 17.7 Å². The zero-order chi connectivity index (χ0) is 17.7. The fourth-order valence-corrected chi connectivity index (χ4v) is 3.17. The molecular weight excluding hydrogens is 324 g/mol. The molecule has 8 nitrogen and oxygen atoms in total. The Bertz CT molecular complexity index is 814. The first-order valence-corrected chi connectivity index (χ1v) is 8.09. The van der Waals surface area contributed by atoms with Gasteiger partial charge in [0.2, 0.25) is 0 Å². The number of imide groups is 1. The number of amidine groups is 2. The zero-order valence-corrected chi connectivity index (χ0v) is 14.3. The van der Waals surface area contributed by atoms with E-state index in [-0.39, 0.29) is 18.0 Å². The molecular formula is C17H19N4O4+. The van der Waals surface area contributed by atoms with E-state index in [1.807, 2.05) is 31.2 Å². The monoisotopic (exact) mass is 343 g/mol. The lowest BCUT2D eigenvalue weighted by molar-refractivity contribution is -0.529. The van der Waals surface area contributed by atoms with Crippen LogP contribution < -0.4 is 4.74 Å². The lowest BCUT2D eigenvalue weighted by Crippen LogP contribution is -2.61. The average molecular weight is 343 g/mol. The van der Waals surface area contributed by atoms with Crippen LogP contribution in [0.5, 0.6) is 5.75 Å². The summed E-state index contributed by atoms with van der Waals surface area (Å²) in [7, 11) is 3.09. The molecule has 1 aromatic rings. The number of carbonyl (C=O) groups excluding carboxylic acids is 2. The van der Waals surface area contributed by atoms with Crippen molar-refractivity contribution in [3.63, 3.8) is 0 Å². The van der Waals surface area contributed by atoms with E-state index in [1.54, 1.807) is 11.6 Å². The van der Waals surface area contributed by atoms with Gasteiger partial charge < -0.3 is 9.47 Å². The third-order valence-electron chi connectivity index (χ3n) is 4.62. The molecule has 0 bridgehead atoms. The van der Waals surface area contributed by atoms with Gasteiger partial charge in [-0.2, -0.15) is 4.58 Å². The second kappa shape index (κ2) is 5.58. The van der Waals surface area contributed by atoms with E-state index in [1.165, 1.54) is 17.5 Å². The van der Waals surface area contributed by atoms with E-state index in [0.29, 0.717) is 25.0 Å². The fourth-order valence-electron chi connectivity index (χ4n) is 3.17. The predicted octanol–water partition coefficient (Wildman–Crippen LogP) is 0.446. The summed E-state index contributed by atoms with van der Waals surface area (Å²) in [6, 6.07) is 7.17. The number of amides is 3. The number of likely N-dealkylation sites (N-methyl/N-ethyl adjacent to an activating group) is 2. The number of carbonyl (C=O) groups is 2. The average Bonchev–Trinajstić information content (AvgIpc) is 3.15. The van der Waals surface area contributed by atoms with Crippen molar-refractivity contribution in [1.82, 2.24) is 9.80 Å². The maximum atomic E-state index is 12.5. The summed E-state index contributed by atoms with van der Waals surface area (Å²) in [5.74, 6) is 0.899. The fraction of sp³-hybridized carbons (Fsp3) is 0.412. The van der Waals surface area contributed by atoms with E-state index in [2.05, 4.69) is 4.99 Å². The Balaban J connectivity index is 1.45.